The number of carbonyl (C=O) groups excluding carboxylic acids is 2. The van der Waals surface area contributed by atoms with Crippen molar-refractivity contribution in [2.24, 2.45) is 0 Å². The molecule has 2 N–H and O–H groups in total. The molecule has 0 bridgehead atoms. The molecule has 1 aliphatic rings. The van der Waals surface area contributed by atoms with Gasteiger partial charge in [-0.2, -0.15) is 0 Å². The number of urea groups is 1. The van der Waals surface area contributed by atoms with Crippen LogP contribution in [-0.2, 0) is 6.54 Å². The molecule has 1 aromatic heterocycles. The second kappa shape index (κ2) is 10.3. The van der Waals surface area contributed by atoms with Crippen molar-refractivity contribution in [3.63, 3.8) is 0 Å². The van der Waals surface area contributed by atoms with E-state index in [0.29, 0.717) is 22.8 Å². The summed E-state index contributed by atoms with van der Waals surface area (Å²) in [7, 11) is 1.85. The maximum Gasteiger partial charge on any atom is 0.319 e. The van der Waals surface area contributed by atoms with Crippen LogP contribution in [0.5, 0.6) is 0 Å². The highest BCUT2D eigenvalue weighted by Crippen LogP contribution is 2.26. The van der Waals surface area contributed by atoms with Crippen LogP contribution >= 0.6 is 11.6 Å². The zero-order valence-corrected chi connectivity index (χ0v) is 17.5. The Morgan fingerprint density at radius 3 is 2.76 bits per heavy atom. The smallest absolute Gasteiger partial charge is 0.319 e. The molecule has 7 nitrogen and oxygen atoms in total. The second-order valence-electron chi connectivity index (χ2n) is 7.44. The first-order valence-electron chi connectivity index (χ1n) is 10.1. The summed E-state index contributed by atoms with van der Waals surface area (Å²) in [5, 5.41) is 5.91. The van der Waals surface area contributed by atoms with Crippen molar-refractivity contribution >= 4 is 29.2 Å². The summed E-state index contributed by atoms with van der Waals surface area (Å²) in [5.74, 6) is -0.0718. The van der Waals surface area contributed by atoms with Crippen molar-refractivity contribution in [2.45, 2.75) is 51.1 Å². The van der Waals surface area contributed by atoms with Crippen LogP contribution in [0.15, 0.2) is 36.9 Å². The van der Waals surface area contributed by atoms with Crippen LogP contribution in [-0.4, -0.2) is 46.0 Å². The number of aryl methyl sites for hydroxylation is 1. The number of benzene rings is 1. The van der Waals surface area contributed by atoms with Crippen LogP contribution in [0, 0.1) is 0 Å². The van der Waals surface area contributed by atoms with Crippen LogP contribution < -0.4 is 10.6 Å². The minimum absolute atomic E-state index is 0.0718. The normalized spacial score (nSPS) is 14.4. The number of imidazole rings is 1. The van der Waals surface area contributed by atoms with E-state index in [4.69, 9.17) is 11.6 Å². The summed E-state index contributed by atoms with van der Waals surface area (Å²) >= 11 is 6.35. The monoisotopic (exact) mass is 417 g/mol. The molecule has 0 saturated heterocycles. The summed E-state index contributed by atoms with van der Waals surface area (Å²) in [6, 6.07) is 4.98. The quantitative estimate of drug-likeness (QED) is 0.664. The lowest BCUT2D eigenvalue weighted by atomic mass is 9.94. The Kier molecular flexibility index (Phi) is 7.52. The van der Waals surface area contributed by atoms with E-state index in [9.17, 15) is 9.59 Å². The van der Waals surface area contributed by atoms with E-state index in [1.54, 1.807) is 35.6 Å². The molecule has 0 atom stereocenters. The zero-order chi connectivity index (χ0) is 20.6. The fourth-order valence-corrected chi connectivity index (χ4v) is 3.91. The molecular weight excluding hydrogens is 390 g/mol. The van der Waals surface area contributed by atoms with E-state index in [-0.39, 0.29) is 18.0 Å². The number of aromatic nitrogens is 2. The Labute approximate surface area is 176 Å². The van der Waals surface area contributed by atoms with Crippen LogP contribution in [0.2, 0.25) is 5.02 Å². The van der Waals surface area contributed by atoms with E-state index in [0.717, 1.165) is 38.6 Å². The topological polar surface area (TPSA) is 79.3 Å². The molecule has 1 fully saturated rings. The predicted octanol–water partition coefficient (Wildman–Crippen LogP) is 4.15. The van der Waals surface area contributed by atoms with Gasteiger partial charge >= 0.3 is 6.03 Å². The van der Waals surface area contributed by atoms with Gasteiger partial charge in [-0.25, -0.2) is 9.78 Å². The molecule has 8 heteroatoms. The van der Waals surface area contributed by atoms with Crippen LogP contribution in [0.3, 0.4) is 0 Å². The van der Waals surface area contributed by atoms with E-state index < -0.39 is 0 Å². The van der Waals surface area contributed by atoms with Gasteiger partial charge in [0.25, 0.3) is 5.91 Å². The van der Waals surface area contributed by atoms with Crippen molar-refractivity contribution in [1.82, 2.24) is 19.8 Å². The predicted molar refractivity (Wildman–Crippen MR) is 114 cm³/mol. The minimum Gasteiger partial charge on any atom is -0.339 e. The Morgan fingerprint density at radius 2 is 2.07 bits per heavy atom. The van der Waals surface area contributed by atoms with Gasteiger partial charge in [0.15, 0.2) is 0 Å². The van der Waals surface area contributed by atoms with Crippen LogP contribution in [0.4, 0.5) is 10.5 Å². The highest BCUT2D eigenvalue weighted by molar-refractivity contribution is 6.34. The first-order chi connectivity index (χ1) is 14.0. The molecule has 3 amide bonds. The van der Waals surface area contributed by atoms with Gasteiger partial charge in [0.1, 0.15) is 0 Å². The number of amides is 3. The molecule has 1 aromatic carbocycles. The highest BCUT2D eigenvalue weighted by Gasteiger charge is 2.24. The standard InChI is InChI=1S/C21H28ClN5O2/c1-26(17-6-3-2-4-7-17)20(28)18-9-8-16(14-19(18)22)25-21(29)24-10-5-12-27-13-11-23-15-27/h8-9,11,13-15,17H,2-7,10,12H2,1H3,(H2,24,25,29). The number of nitrogens with one attached hydrogen (secondary N) is 2. The minimum atomic E-state index is -0.301. The Bertz CT molecular complexity index is 818. The van der Waals surface area contributed by atoms with Crippen LogP contribution in [0.25, 0.3) is 0 Å². The number of hydrogen-bond donors (Lipinski definition) is 2. The molecule has 1 heterocycles. The molecule has 0 radical (unpaired) electrons. The van der Waals surface area contributed by atoms with Gasteiger partial charge in [0, 0.05) is 44.3 Å². The number of carbonyl (C=O) groups is 2. The van der Waals surface area contributed by atoms with Crippen molar-refractivity contribution in [2.75, 3.05) is 18.9 Å². The van der Waals surface area contributed by atoms with E-state index >= 15 is 0 Å². The van der Waals surface area contributed by atoms with Gasteiger partial charge < -0.3 is 20.1 Å². The number of anilines is 1. The molecule has 29 heavy (non-hydrogen) atoms. The summed E-state index contributed by atoms with van der Waals surface area (Å²) in [5.41, 5.74) is 1.02. The lowest BCUT2D eigenvalue weighted by molar-refractivity contribution is 0.0696. The Balaban J connectivity index is 1.49. The molecule has 156 valence electrons. The third kappa shape index (κ3) is 5.97. The fraction of sp³-hybridized carbons (Fsp3) is 0.476. The van der Waals surface area contributed by atoms with Gasteiger partial charge in [0.2, 0.25) is 0 Å². The van der Waals surface area contributed by atoms with Gasteiger partial charge in [0.05, 0.1) is 16.9 Å². The number of hydrogen-bond acceptors (Lipinski definition) is 3. The largest absolute Gasteiger partial charge is 0.339 e. The number of nitrogens with zero attached hydrogens (tertiary/aromatic N) is 3. The van der Waals surface area contributed by atoms with Gasteiger partial charge in [-0.1, -0.05) is 30.9 Å². The molecule has 0 spiro atoms. The van der Waals surface area contributed by atoms with Crippen LogP contribution in [0.1, 0.15) is 48.9 Å². The maximum absolute atomic E-state index is 12.8. The summed E-state index contributed by atoms with van der Waals surface area (Å²) in [6.07, 6.45) is 11.8. The SMILES string of the molecule is CN(C(=O)c1ccc(NC(=O)NCCCn2ccnc2)cc1Cl)C1CCCCC1. The van der Waals surface area contributed by atoms with E-state index in [1.807, 2.05) is 17.8 Å². The summed E-state index contributed by atoms with van der Waals surface area (Å²) in [4.78, 5) is 30.7. The first kappa shape index (κ1) is 21.2. The third-order valence-corrected chi connectivity index (χ3v) is 5.65. The lowest BCUT2D eigenvalue weighted by Crippen LogP contribution is -2.38. The van der Waals surface area contributed by atoms with Crippen molar-refractivity contribution in [1.29, 1.82) is 0 Å². The third-order valence-electron chi connectivity index (χ3n) is 5.34. The van der Waals surface area contributed by atoms with E-state index in [1.165, 1.54) is 6.42 Å². The fourth-order valence-electron chi connectivity index (χ4n) is 3.65. The molecule has 1 saturated carbocycles. The number of halogens is 1. The Morgan fingerprint density at radius 1 is 1.28 bits per heavy atom. The maximum atomic E-state index is 12.8. The van der Waals surface area contributed by atoms with E-state index in [2.05, 4.69) is 15.6 Å². The van der Waals surface area contributed by atoms with Crippen molar-refractivity contribution < 1.29 is 9.59 Å². The average molecular weight is 418 g/mol. The molecule has 1 aliphatic carbocycles. The summed E-state index contributed by atoms with van der Waals surface area (Å²) in [6.45, 7) is 1.33. The molecule has 3 rings (SSSR count). The van der Waals surface area contributed by atoms with Crippen molar-refractivity contribution in [3.8, 4) is 0 Å². The molecule has 2 aromatic rings. The first-order valence-corrected chi connectivity index (χ1v) is 10.5. The summed E-state index contributed by atoms with van der Waals surface area (Å²) < 4.78 is 1.96. The molecule has 0 unspecified atom stereocenters. The Hall–Kier alpha value is -2.54. The zero-order valence-electron chi connectivity index (χ0n) is 16.7. The average Bonchev–Trinajstić information content (AvgIpc) is 3.24. The second-order valence-corrected chi connectivity index (χ2v) is 7.84. The van der Waals surface area contributed by atoms with Gasteiger partial charge in [-0.3, -0.25) is 4.79 Å². The number of rotatable bonds is 7. The highest BCUT2D eigenvalue weighted by atomic mass is 35.5. The van der Waals surface area contributed by atoms with Gasteiger partial charge in [-0.05, 0) is 37.5 Å². The van der Waals surface area contributed by atoms with Crippen molar-refractivity contribution in [3.05, 3.63) is 47.5 Å². The molecule has 0 aliphatic heterocycles. The molecular formula is C21H28ClN5O2. The lowest BCUT2D eigenvalue weighted by Gasteiger charge is -2.31. The van der Waals surface area contributed by atoms with Gasteiger partial charge in [-0.15, -0.1) is 0 Å².